The molecule has 2 rings (SSSR count). The lowest BCUT2D eigenvalue weighted by molar-refractivity contribution is -0.115. The first-order valence-electron chi connectivity index (χ1n) is 8.04. The second-order valence-corrected chi connectivity index (χ2v) is 6.68. The topological polar surface area (TPSA) is 64.9 Å². The fraction of sp³-hybridized carbons (Fsp3) is 0.300. The van der Waals surface area contributed by atoms with Gasteiger partial charge < -0.3 is 10.6 Å². The number of nitrogens with zero attached hydrogens (tertiary/aromatic N) is 1. The highest BCUT2D eigenvalue weighted by atomic mass is 16.1. The van der Waals surface area contributed by atoms with Crippen molar-refractivity contribution >= 4 is 17.3 Å². The first kappa shape index (κ1) is 17.6. The third kappa shape index (κ3) is 4.60. The van der Waals surface area contributed by atoms with Gasteiger partial charge in [0.2, 0.25) is 5.91 Å². The summed E-state index contributed by atoms with van der Waals surface area (Å²) in [5, 5.41) is 15.2. The molecule has 4 nitrogen and oxygen atoms in total. The molecule has 2 aromatic rings. The molecule has 0 aliphatic carbocycles. The fourth-order valence-corrected chi connectivity index (χ4v) is 2.50. The number of carbonyl (C=O) groups excluding carboxylic acids is 1. The Morgan fingerprint density at radius 1 is 1.04 bits per heavy atom. The number of hydrogen-bond donors (Lipinski definition) is 2. The van der Waals surface area contributed by atoms with Crippen LogP contribution in [0.15, 0.2) is 48.5 Å². The number of para-hydroxylation sites is 2. The van der Waals surface area contributed by atoms with Gasteiger partial charge in [-0.2, -0.15) is 5.26 Å². The monoisotopic (exact) mass is 321 g/mol. The van der Waals surface area contributed by atoms with E-state index in [0.29, 0.717) is 24.2 Å². The Bertz CT molecular complexity index is 754. The number of nitriles is 1. The van der Waals surface area contributed by atoms with Crippen LogP contribution >= 0.6 is 0 Å². The zero-order valence-electron chi connectivity index (χ0n) is 14.4. The average molecular weight is 321 g/mol. The summed E-state index contributed by atoms with van der Waals surface area (Å²) in [6.45, 7) is 7.03. The van der Waals surface area contributed by atoms with Crippen LogP contribution < -0.4 is 10.6 Å². The minimum Gasteiger partial charge on any atom is -0.384 e. The van der Waals surface area contributed by atoms with Crippen molar-refractivity contribution in [2.24, 2.45) is 0 Å². The van der Waals surface area contributed by atoms with Crippen LogP contribution in [0.4, 0.5) is 11.4 Å². The predicted octanol–water partition coefficient (Wildman–Crippen LogP) is 4.30. The van der Waals surface area contributed by atoms with Gasteiger partial charge in [0, 0.05) is 18.7 Å². The molecule has 0 atom stereocenters. The quantitative estimate of drug-likeness (QED) is 0.863. The minimum absolute atomic E-state index is 0.0393. The molecule has 0 aliphatic heterocycles. The molecule has 124 valence electrons. The van der Waals surface area contributed by atoms with Crippen molar-refractivity contribution in [3.63, 3.8) is 0 Å². The molecule has 2 aromatic carbocycles. The SMILES string of the molecule is CC(C)(C)c1ccccc1NCCC(=O)Nc1ccccc1C#N. The van der Waals surface area contributed by atoms with Crippen molar-refractivity contribution in [3.8, 4) is 6.07 Å². The van der Waals surface area contributed by atoms with Crippen LogP contribution in [0.5, 0.6) is 0 Å². The fourth-order valence-electron chi connectivity index (χ4n) is 2.50. The summed E-state index contributed by atoms with van der Waals surface area (Å²) in [6, 6.07) is 17.2. The van der Waals surface area contributed by atoms with E-state index in [1.165, 1.54) is 5.56 Å². The van der Waals surface area contributed by atoms with Gasteiger partial charge in [0.05, 0.1) is 11.3 Å². The van der Waals surface area contributed by atoms with Crippen molar-refractivity contribution in [2.75, 3.05) is 17.2 Å². The van der Waals surface area contributed by atoms with Gasteiger partial charge in [-0.15, -0.1) is 0 Å². The van der Waals surface area contributed by atoms with Gasteiger partial charge in [-0.25, -0.2) is 0 Å². The maximum Gasteiger partial charge on any atom is 0.226 e. The molecule has 0 aliphatic rings. The van der Waals surface area contributed by atoms with E-state index in [0.717, 1.165) is 5.69 Å². The highest BCUT2D eigenvalue weighted by molar-refractivity contribution is 5.92. The lowest BCUT2D eigenvalue weighted by Crippen LogP contribution is -2.19. The van der Waals surface area contributed by atoms with Crippen molar-refractivity contribution in [1.82, 2.24) is 0 Å². The van der Waals surface area contributed by atoms with Crippen LogP contribution in [0.3, 0.4) is 0 Å². The molecule has 0 bridgehead atoms. The summed E-state index contributed by atoms with van der Waals surface area (Å²) in [5.41, 5.74) is 3.34. The van der Waals surface area contributed by atoms with Gasteiger partial charge in [-0.3, -0.25) is 4.79 Å². The molecule has 0 unspecified atom stereocenters. The summed E-state index contributed by atoms with van der Waals surface area (Å²) in [4.78, 5) is 12.1. The predicted molar refractivity (Wildman–Crippen MR) is 98.0 cm³/mol. The molecule has 1 amide bonds. The molecule has 0 spiro atoms. The van der Waals surface area contributed by atoms with Crippen LogP contribution in [-0.2, 0) is 10.2 Å². The van der Waals surface area contributed by atoms with Crippen LogP contribution in [0.1, 0.15) is 38.3 Å². The maximum atomic E-state index is 12.1. The van der Waals surface area contributed by atoms with Gasteiger partial charge in [0.1, 0.15) is 6.07 Å². The van der Waals surface area contributed by atoms with Crippen LogP contribution in [0, 0.1) is 11.3 Å². The Morgan fingerprint density at radius 2 is 1.67 bits per heavy atom. The molecule has 0 heterocycles. The van der Waals surface area contributed by atoms with E-state index in [4.69, 9.17) is 5.26 Å². The second-order valence-electron chi connectivity index (χ2n) is 6.68. The number of carbonyl (C=O) groups is 1. The van der Waals surface area contributed by atoms with E-state index in [-0.39, 0.29) is 11.3 Å². The average Bonchev–Trinajstić information content (AvgIpc) is 2.55. The number of amides is 1. The molecule has 0 saturated carbocycles. The lowest BCUT2D eigenvalue weighted by Gasteiger charge is -2.23. The van der Waals surface area contributed by atoms with Gasteiger partial charge >= 0.3 is 0 Å². The van der Waals surface area contributed by atoms with Crippen molar-refractivity contribution < 1.29 is 4.79 Å². The third-order valence-electron chi connectivity index (χ3n) is 3.72. The molecular formula is C20H23N3O. The number of benzene rings is 2. The van der Waals surface area contributed by atoms with E-state index < -0.39 is 0 Å². The van der Waals surface area contributed by atoms with Crippen molar-refractivity contribution in [2.45, 2.75) is 32.6 Å². The molecule has 0 fully saturated rings. The van der Waals surface area contributed by atoms with Gasteiger partial charge in [0.15, 0.2) is 0 Å². The molecular weight excluding hydrogens is 298 g/mol. The Morgan fingerprint density at radius 3 is 2.33 bits per heavy atom. The molecule has 0 aromatic heterocycles. The van der Waals surface area contributed by atoms with E-state index in [9.17, 15) is 4.79 Å². The molecule has 0 radical (unpaired) electrons. The lowest BCUT2D eigenvalue weighted by atomic mass is 9.86. The minimum atomic E-state index is -0.113. The summed E-state index contributed by atoms with van der Waals surface area (Å²) in [6.07, 6.45) is 0.332. The van der Waals surface area contributed by atoms with Crippen molar-refractivity contribution in [1.29, 1.82) is 5.26 Å². The smallest absolute Gasteiger partial charge is 0.226 e. The highest BCUT2D eigenvalue weighted by Gasteiger charge is 2.17. The standard InChI is InChI=1S/C20H23N3O/c1-20(2,3)16-9-5-7-11-18(16)22-13-12-19(24)23-17-10-6-4-8-15(17)14-21/h4-11,22H,12-13H2,1-3H3,(H,23,24). The van der Waals surface area contributed by atoms with Gasteiger partial charge in [0.25, 0.3) is 0 Å². The third-order valence-corrected chi connectivity index (χ3v) is 3.72. The summed E-state index contributed by atoms with van der Waals surface area (Å²) in [5.74, 6) is -0.113. The Balaban J connectivity index is 1.93. The van der Waals surface area contributed by atoms with Gasteiger partial charge in [-0.1, -0.05) is 51.1 Å². The summed E-state index contributed by atoms with van der Waals surface area (Å²) >= 11 is 0. The van der Waals surface area contributed by atoms with Crippen molar-refractivity contribution in [3.05, 3.63) is 59.7 Å². The molecule has 2 N–H and O–H groups in total. The first-order valence-corrected chi connectivity index (χ1v) is 8.04. The van der Waals surface area contributed by atoms with Crippen LogP contribution in [0.2, 0.25) is 0 Å². The van der Waals surface area contributed by atoms with E-state index in [1.807, 2.05) is 18.2 Å². The largest absolute Gasteiger partial charge is 0.384 e. The van der Waals surface area contributed by atoms with E-state index in [1.54, 1.807) is 24.3 Å². The molecule has 24 heavy (non-hydrogen) atoms. The number of hydrogen-bond acceptors (Lipinski definition) is 3. The van der Waals surface area contributed by atoms with Crippen LogP contribution in [0.25, 0.3) is 0 Å². The number of anilines is 2. The van der Waals surface area contributed by atoms with Gasteiger partial charge in [-0.05, 0) is 29.2 Å². The first-order chi connectivity index (χ1) is 11.4. The second kappa shape index (κ2) is 7.65. The van der Waals surface area contributed by atoms with E-state index >= 15 is 0 Å². The Kier molecular flexibility index (Phi) is 5.59. The summed E-state index contributed by atoms with van der Waals surface area (Å²) < 4.78 is 0. The normalized spacial score (nSPS) is 10.8. The number of rotatable bonds is 5. The Hall–Kier alpha value is -2.80. The number of nitrogens with one attached hydrogen (secondary N) is 2. The zero-order chi connectivity index (χ0) is 17.6. The maximum absolute atomic E-state index is 12.1. The molecule has 0 saturated heterocycles. The molecule has 4 heteroatoms. The van der Waals surface area contributed by atoms with Crippen LogP contribution in [-0.4, -0.2) is 12.5 Å². The highest BCUT2D eigenvalue weighted by Crippen LogP contribution is 2.29. The summed E-state index contributed by atoms with van der Waals surface area (Å²) in [7, 11) is 0. The van der Waals surface area contributed by atoms with E-state index in [2.05, 4.69) is 43.5 Å². The Labute approximate surface area is 143 Å². The zero-order valence-corrected chi connectivity index (χ0v) is 14.4.